The molecule has 0 fully saturated rings. The lowest BCUT2D eigenvalue weighted by molar-refractivity contribution is 0.656. The number of aromatic nitrogens is 5. The standard InChI is InChI=1S/C20H19Cl2N5O2/c1-5-9-25-11(2)12(3)27-16-17(23-19(25)27)24(4)20(29)26(18(16)28)10-13-14(21)7-6-8-15(13)22/h5-8H,1,9-10H2,2-4H3. The second kappa shape index (κ2) is 6.93. The molecule has 4 rings (SSSR count). The molecule has 0 atom stereocenters. The first-order valence-electron chi connectivity index (χ1n) is 8.99. The third-order valence-corrected chi connectivity index (χ3v) is 6.03. The van der Waals surface area contributed by atoms with Crippen molar-refractivity contribution in [1.82, 2.24) is 23.1 Å². The van der Waals surface area contributed by atoms with Gasteiger partial charge in [-0.3, -0.25) is 18.3 Å². The topological polar surface area (TPSA) is 66.2 Å². The number of nitrogens with zero attached hydrogens (tertiary/aromatic N) is 5. The van der Waals surface area contributed by atoms with E-state index in [2.05, 4.69) is 11.6 Å². The number of halogens is 2. The Labute approximate surface area is 176 Å². The Hall–Kier alpha value is -2.77. The summed E-state index contributed by atoms with van der Waals surface area (Å²) in [5.74, 6) is 0.593. The molecule has 0 aliphatic carbocycles. The first kappa shape index (κ1) is 19.5. The summed E-state index contributed by atoms with van der Waals surface area (Å²) in [6, 6.07) is 5.07. The lowest BCUT2D eigenvalue weighted by atomic mass is 10.2. The molecule has 0 saturated heterocycles. The molecular weight excluding hydrogens is 413 g/mol. The van der Waals surface area contributed by atoms with Crippen molar-refractivity contribution in [1.29, 1.82) is 0 Å². The van der Waals surface area contributed by atoms with E-state index >= 15 is 0 Å². The predicted octanol–water partition coefficient (Wildman–Crippen LogP) is 3.31. The molecule has 0 N–H and O–H groups in total. The highest BCUT2D eigenvalue weighted by Crippen LogP contribution is 2.25. The van der Waals surface area contributed by atoms with Gasteiger partial charge in [0.2, 0.25) is 5.78 Å². The number of aryl methyl sites for hydroxylation is 2. The van der Waals surface area contributed by atoms with Crippen molar-refractivity contribution in [2.24, 2.45) is 7.05 Å². The third-order valence-electron chi connectivity index (χ3n) is 5.32. The fraction of sp³-hybridized carbons (Fsp3) is 0.250. The minimum atomic E-state index is -0.483. The fourth-order valence-corrected chi connectivity index (χ4v) is 4.16. The van der Waals surface area contributed by atoms with Crippen LogP contribution in [0.5, 0.6) is 0 Å². The van der Waals surface area contributed by atoms with E-state index in [1.165, 1.54) is 4.57 Å². The average Bonchev–Trinajstić information content (AvgIpc) is 3.18. The van der Waals surface area contributed by atoms with Crippen molar-refractivity contribution in [3.8, 4) is 0 Å². The smallest absolute Gasteiger partial charge is 0.310 e. The molecule has 3 heterocycles. The van der Waals surface area contributed by atoms with Crippen LogP contribution in [-0.4, -0.2) is 23.1 Å². The van der Waals surface area contributed by atoms with Gasteiger partial charge in [-0.05, 0) is 26.0 Å². The summed E-state index contributed by atoms with van der Waals surface area (Å²) in [6.45, 7) is 8.19. The Kier molecular flexibility index (Phi) is 4.67. The first-order chi connectivity index (χ1) is 13.8. The maximum atomic E-state index is 13.4. The van der Waals surface area contributed by atoms with E-state index in [9.17, 15) is 9.59 Å². The molecule has 9 heteroatoms. The van der Waals surface area contributed by atoms with Gasteiger partial charge in [-0.25, -0.2) is 4.79 Å². The SMILES string of the molecule is C=CCn1c(C)c(C)n2c3c(=O)n(Cc4c(Cl)cccc4Cl)c(=O)n(C)c3nc12. The summed E-state index contributed by atoms with van der Waals surface area (Å²) < 4.78 is 6.27. The number of hydrogen-bond acceptors (Lipinski definition) is 3. The zero-order valence-electron chi connectivity index (χ0n) is 16.2. The Morgan fingerprint density at radius 1 is 1.10 bits per heavy atom. The van der Waals surface area contributed by atoms with Crippen molar-refractivity contribution in [3.63, 3.8) is 0 Å². The van der Waals surface area contributed by atoms with Crippen molar-refractivity contribution in [3.05, 3.63) is 78.7 Å². The molecule has 0 unspecified atom stereocenters. The monoisotopic (exact) mass is 431 g/mol. The molecule has 0 amide bonds. The van der Waals surface area contributed by atoms with Gasteiger partial charge in [0.15, 0.2) is 11.2 Å². The van der Waals surface area contributed by atoms with E-state index in [1.54, 1.807) is 35.7 Å². The van der Waals surface area contributed by atoms with Crippen LogP contribution in [-0.2, 0) is 20.1 Å². The highest BCUT2D eigenvalue weighted by atomic mass is 35.5. The van der Waals surface area contributed by atoms with Crippen LogP contribution in [0, 0.1) is 13.8 Å². The van der Waals surface area contributed by atoms with E-state index in [1.807, 2.05) is 18.4 Å². The Balaban J connectivity index is 2.09. The van der Waals surface area contributed by atoms with Gasteiger partial charge >= 0.3 is 5.69 Å². The molecule has 150 valence electrons. The number of imidazole rings is 2. The van der Waals surface area contributed by atoms with Crippen LogP contribution < -0.4 is 11.2 Å². The Morgan fingerprint density at radius 2 is 1.76 bits per heavy atom. The summed E-state index contributed by atoms with van der Waals surface area (Å²) in [5, 5.41) is 0.795. The lowest BCUT2D eigenvalue weighted by Crippen LogP contribution is -2.39. The van der Waals surface area contributed by atoms with Crippen LogP contribution in [0.15, 0.2) is 40.4 Å². The predicted molar refractivity (Wildman–Crippen MR) is 115 cm³/mol. The van der Waals surface area contributed by atoms with Crippen molar-refractivity contribution in [2.45, 2.75) is 26.9 Å². The second-order valence-electron chi connectivity index (χ2n) is 6.92. The third kappa shape index (κ3) is 2.76. The molecule has 0 aliphatic heterocycles. The van der Waals surface area contributed by atoms with Gasteiger partial charge in [-0.15, -0.1) is 6.58 Å². The largest absolute Gasteiger partial charge is 0.332 e. The van der Waals surface area contributed by atoms with Crippen molar-refractivity contribution in [2.75, 3.05) is 0 Å². The molecule has 0 spiro atoms. The molecule has 0 bridgehead atoms. The number of allylic oxidation sites excluding steroid dienone is 1. The molecule has 1 aromatic carbocycles. The highest BCUT2D eigenvalue weighted by molar-refractivity contribution is 6.35. The quantitative estimate of drug-likeness (QED) is 0.465. The maximum absolute atomic E-state index is 13.4. The summed E-state index contributed by atoms with van der Waals surface area (Å²) in [5.41, 5.74) is 2.12. The number of rotatable bonds is 4. The van der Waals surface area contributed by atoms with Gasteiger partial charge in [0, 0.05) is 40.6 Å². The highest BCUT2D eigenvalue weighted by Gasteiger charge is 2.22. The van der Waals surface area contributed by atoms with Crippen LogP contribution in [0.1, 0.15) is 17.0 Å². The second-order valence-corrected chi connectivity index (χ2v) is 7.74. The molecule has 0 saturated carbocycles. The summed E-state index contributed by atoms with van der Waals surface area (Å²) in [7, 11) is 1.60. The summed E-state index contributed by atoms with van der Waals surface area (Å²) in [6.07, 6.45) is 1.77. The normalized spacial score (nSPS) is 11.6. The number of fused-ring (bicyclic) bond motifs is 3. The van der Waals surface area contributed by atoms with Crippen LogP contribution in [0.4, 0.5) is 0 Å². The minimum absolute atomic E-state index is 0.0292. The van der Waals surface area contributed by atoms with Gasteiger partial charge < -0.3 is 4.57 Å². The fourth-order valence-electron chi connectivity index (χ4n) is 3.64. The molecular formula is C20H19Cl2N5O2. The van der Waals surface area contributed by atoms with Crippen molar-refractivity contribution >= 4 is 40.1 Å². The zero-order chi connectivity index (χ0) is 21.0. The molecule has 0 aliphatic rings. The van der Waals surface area contributed by atoms with Crippen LogP contribution in [0.25, 0.3) is 16.9 Å². The van der Waals surface area contributed by atoms with Gasteiger partial charge in [0.1, 0.15) is 0 Å². The van der Waals surface area contributed by atoms with Crippen LogP contribution >= 0.6 is 23.2 Å². The molecule has 4 aromatic rings. The van der Waals surface area contributed by atoms with E-state index in [0.29, 0.717) is 39.1 Å². The molecule has 0 radical (unpaired) electrons. The number of benzene rings is 1. The van der Waals surface area contributed by atoms with E-state index in [0.717, 1.165) is 16.0 Å². The average molecular weight is 432 g/mol. The minimum Gasteiger partial charge on any atom is -0.310 e. The number of hydrogen-bond donors (Lipinski definition) is 0. The Morgan fingerprint density at radius 3 is 2.38 bits per heavy atom. The van der Waals surface area contributed by atoms with E-state index in [-0.39, 0.29) is 6.54 Å². The molecule has 7 nitrogen and oxygen atoms in total. The first-order valence-corrected chi connectivity index (χ1v) is 9.75. The molecule has 3 aromatic heterocycles. The summed E-state index contributed by atoms with van der Waals surface area (Å²) in [4.78, 5) is 31.0. The van der Waals surface area contributed by atoms with Gasteiger partial charge in [-0.2, -0.15) is 4.98 Å². The van der Waals surface area contributed by atoms with Crippen LogP contribution in [0.3, 0.4) is 0 Å². The zero-order valence-corrected chi connectivity index (χ0v) is 17.8. The lowest BCUT2D eigenvalue weighted by Gasteiger charge is -2.11. The maximum Gasteiger partial charge on any atom is 0.332 e. The Bertz CT molecular complexity index is 1400. The van der Waals surface area contributed by atoms with E-state index < -0.39 is 11.2 Å². The van der Waals surface area contributed by atoms with E-state index in [4.69, 9.17) is 23.2 Å². The van der Waals surface area contributed by atoms with Gasteiger partial charge in [0.25, 0.3) is 5.56 Å². The van der Waals surface area contributed by atoms with Gasteiger partial charge in [-0.1, -0.05) is 35.3 Å². The van der Waals surface area contributed by atoms with Gasteiger partial charge in [0.05, 0.1) is 6.54 Å². The molecule has 29 heavy (non-hydrogen) atoms. The summed E-state index contributed by atoms with van der Waals surface area (Å²) >= 11 is 12.5. The van der Waals surface area contributed by atoms with Crippen LogP contribution in [0.2, 0.25) is 10.0 Å². The van der Waals surface area contributed by atoms with Crippen molar-refractivity contribution < 1.29 is 0 Å².